The van der Waals surface area contributed by atoms with Crippen LogP contribution in [-0.4, -0.2) is 10.9 Å². The minimum atomic E-state index is -4.74. The fourth-order valence-corrected chi connectivity index (χ4v) is 3.08. The maximum Gasteiger partial charge on any atom is 0.434 e. The smallest absolute Gasteiger partial charge is 0.321 e. The topological polar surface area (TPSA) is 42.0 Å². The van der Waals surface area contributed by atoms with Gasteiger partial charge >= 0.3 is 6.18 Å². The molecule has 3 rings (SSSR count). The number of pyridine rings is 1. The maximum absolute atomic E-state index is 13.1. The van der Waals surface area contributed by atoms with Gasteiger partial charge in [-0.05, 0) is 42.0 Å². The van der Waals surface area contributed by atoms with Crippen molar-refractivity contribution in [3.63, 3.8) is 0 Å². The lowest BCUT2D eigenvalue weighted by molar-refractivity contribution is -0.141. The Morgan fingerprint density at radius 2 is 1.63 bits per heavy atom. The van der Waals surface area contributed by atoms with Crippen molar-refractivity contribution in [3.8, 4) is 11.1 Å². The molecule has 27 heavy (non-hydrogen) atoms. The summed E-state index contributed by atoms with van der Waals surface area (Å²) < 4.78 is 39.3. The van der Waals surface area contributed by atoms with Crippen molar-refractivity contribution in [2.24, 2.45) is 0 Å². The molecule has 8 heteroatoms. The van der Waals surface area contributed by atoms with Crippen LogP contribution in [-0.2, 0) is 6.18 Å². The van der Waals surface area contributed by atoms with Gasteiger partial charge in [-0.1, -0.05) is 41.4 Å². The van der Waals surface area contributed by atoms with Gasteiger partial charge in [0.1, 0.15) is 0 Å². The molecule has 0 saturated heterocycles. The highest BCUT2D eigenvalue weighted by Gasteiger charge is 2.37. The lowest BCUT2D eigenvalue weighted by Crippen LogP contribution is -2.20. The van der Waals surface area contributed by atoms with E-state index in [4.69, 9.17) is 23.2 Å². The number of nitrogens with one attached hydrogen (secondary N) is 1. The van der Waals surface area contributed by atoms with Crippen LogP contribution < -0.4 is 5.32 Å². The Morgan fingerprint density at radius 3 is 2.30 bits per heavy atom. The summed E-state index contributed by atoms with van der Waals surface area (Å²) in [6, 6.07) is 13.8. The quantitative estimate of drug-likeness (QED) is 0.548. The zero-order chi connectivity index (χ0) is 19.6. The van der Waals surface area contributed by atoms with Crippen molar-refractivity contribution in [2.75, 3.05) is 5.32 Å². The molecule has 1 amide bonds. The molecular formula is C19H11Cl2F3N2O. The standard InChI is InChI=1S/C19H11Cl2F3N2O/c20-12-8-11(9-13(21)10-12)14-4-1-2-6-16(14)26-18(27)15-5-3-7-25-17(15)19(22,23)24/h1-10H,(H,26,27). The van der Waals surface area contributed by atoms with Crippen LogP contribution in [0.4, 0.5) is 18.9 Å². The Hall–Kier alpha value is -2.57. The molecule has 0 saturated carbocycles. The predicted octanol–water partition coefficient (Wildman–Crippen LogP) is 6.33. The van der Waals surface area contributed by atoms with E-state index in [1.54, 1.807) is 42.5 Å². The van der Waals surface area contributed by atoms with Gasteiger partial charge < -0.3 is 5.32 Å². The first kappa shape index (κ1) is 19.2. The van der Waals surface area contributed by atoms with Crippen LogP contribution in [0.5, 0.6) is 0 Å². The number of para-hydroxylation sites is 1. The number of hydrogen-bond donors (Lipinski definition) is 1. The number of anilines is 1. The van der Waals surface area contributed by atoms with Crippen molar-refractivity contribution in [1.82, 2.24) is 4.98 Å². The Balaban J connectivity index is 2.00. The second-order valence-electron chi connectivity index (χ2n) is 5.56. The lowest BCUT2D eigenvalue weighted by atomic mass is 10.0. The molecule has 1 N–H and O–H groups in total. The molecule has 0 spiro atoms. The number of carbonyl (C=O) groups is 1. The molecule has 0 bridgehead atoms. The van der Waals surface area contributed by atoms with Crippen molar-refractivity contribution in [2.45, 2.75) is 6.18 Å². The molecule has 0 atom stereocenters. The van der Waals surface area contributed by atoms with Crippen molar-refractivity contribution >= 4 is 34.8 Å². The number of alkyl halides is 3. The van der Waals surface area contributed by atoms with Crippen LogP contribution in [0, 0.1) is 0 Å². The van der Waals surface area contributed by atoms with E-state index in [0.717, 1.165) is 12.3 Å². The Morgan fingerprint density at radius 1 is 0.963 bits per heavy atom. The molecule has 2 aromatic carbocycles. The number of rotatable bonds is 3. The predicted molar refractivity (Wildman–Crippen MR) is 99.1 cm³/mol. The van der Waals surface area contributed by atoms with Crippen LogP contribution >= 0.6 is 23.2 Å². The molecule has 138 valence electrons. The van der Waals surface area contributed by atoms with E-state index in [1.807, 2.05) is 0 Å². The number of aromatic nitrogens is 1. The van der Waals surface area contributed by atoms with Crippen LogP contribution in [0.1, 0.15) is 16.1 Å². The summed E-state index contributed by atoms with van der Waals surface area (Å²) in [5, 5.41) is 3.30. The summed E-state index contributed by atoms with van der Waals surface area (Å²) in [5.41, 5.74) is -0.314. The lowest BCUT2D eigenvalue weighted by Gasteiger charge is -2.14. The van der Waals surface area contributed by atoms with Gasteiger partial charge in [0.15, 0.2) is 5.69 Å². The highest BCUT2D eigenvalue weighted by molar-refractivity contribution is 6.35. The SMILES string of the molecule is O=C(Nc1ccccc1-c1cc(Cl)cc(Cl)c1)c1cccnc1C(F)(F)F. The van der Waals surface area contributed by atoms with Crippen molar-refractivity contribution in [1.29, 1.82) is 0 Å². The van der Waals surface area contributed by atoms with Crippen LogP contribution in [0.25, 0.3) is 11.1 Å². The van der Waals surface area contributed by atoms with Gasteiger partial charge in [0.05, 0.1) is 5.56 Å². The highest BCUT2D eigenvalue weighted by Crippen LogP contribution is 2.34. The van der Waals surface area contributed by atoms with Crippen molar-refractivity contribution < 1.29 is 18.0 Å². The molecule has 0 aliphatic carbocycles. The van der Waals surface area contributed by atoms with Gasteiger partial charge in [0.25, 0.3) is 5.91 Å². The minimum absolute atomic E-state index is 0.317. The van der Waals surface area contributed by atoms with Gasteiger partial charge in [-0.2, -0.15) is 13.2 Å². The summed E-state index contributed by atoms with van der Waals surface area (Å²) in [6.07, 6.45) is -3.75. The van der Waals surface area contributed by atoms with Gasteiger partial charge in [0.2, 0.25) is 0 Å². The molecule has 0 radical (unpaired) electrons. The van der Waals surface area contributed by atoms with Gasteiger partial charge in [0, 0.05) is 27.5 Å². The fraction of sp³-hybridized carbons (Fsp3) is 0.0526. The molecule has 0 aliphatic heterocycles. The molecule has 1 heterocycles. The van der Waals surface area contributed by atoms with Gasteiger partial charge in [-0.15, -0.1) is 0 Å². The monoisotopic (exact) mass is 410 g/mol. The fourth-order valence-electron chi connectivity index (χ4n) is 2.56. The Bertz CT molecular complexity index is 986. The third-order valence-electron chi connectivity index (χ3n) is 3.67. The van der Waals surface area contributed by atoms with E-state index in [1.165, 1.54) is 6.07 Å². The number of halogens is 5. The Kier molecular flexibility index (Phi) is 5.39. The van der Waals surface area contributed by atoms with E-state index < -0.39 is 23.3 Å². The summed E-state index contributed by atoms with van der Waals surface area (Å²) in [5.74, 6) is -0.920. The summed E-state index contributed by atoms with van der Waals surface area (Å²) in [4.78, 5) is 15.8. The molecule has 0 aliphatic rings. The zero-order valence-corrected chi connectivity index (χ0v) is 15.0. The third kappa shape index (κ3) is 4.40. The van der Waals surface area contributed by atoms with E-state index in [0.29, 0.717) is 26.9 Å². The molecule has 3 aromatic rings. The average molecular weight is 411 g/mol. The number of amides is 1. The molecule has 3 nitrogen and oxygen atoms in total. The average Bonchev–Trinajstić information content (AvgIpc) is 2.60. The summed E-state index contributed by atoms with van der Waals surface area (Å²) in [7, 11) is 0. The van der Waals surface area contributed by atoms with E-state index in [-0.39, 0.29) is 0 Å². The van der Waals surface area contributed by atoms with E-state index in [9.17, 15) is 18.0 Å². The number of carbonyl (C=O) groups excluding carboxylic acids is 1. The first-order chi connectivity index (χ1) is 12.8. The third-order valence-corrected chi connectivity index (χ3v) is 4.11. The molecule has 0 unspecified atom stereocenters. The van der Waals surface area contributed by atoms with E-state index >= 15 is 0 Å². The maximum atomic E-state index is 13.1. The summed E-state index contributed by atoms with van der Waals surface area (Å²) in [6.45, 7) is 0. The second kappa shape index (κ2) is 7.58. The first-order valence-corrected chi connectivity index (χ1v) is 8.40. The van der Waals surface area contributed by atoms with Crippen LogP contribution in [0.2, 0.25) is 10.0 Å². The minimum Gasteiger partial charge on any atom is -0.321 e. The number of hydrogen-bond acceptors (Lipinski definition) is 2. The number of benzene rings is 2. The van der Waals surface area contributed by atoms with Gasteiger partial charge in [-0.3, -0.25) is 9.78 Å². The van der Waals surface area contributed by atoms with E-state index in [2.05, 4.69) is 10.3 Å². The summed E-state index contributed by atoms with van der Waals surface area (Å²) >= 11 is 12.0. The second-order valence-corrected chi connectivity index (χ2v) is 6.43. The largest absolute Gasteiger partial charge is 0.434 e. The highest BCUT2D eigenvalue weighted by atomic mass is 35.5. The van der Waals surface area contributed by atoms with Gasteiger partial charge in [-0.25, -0.2) is 0 Å². The molecule has 1 aromatic heterocycles. The number of nitrogens with zero attached hydrogens (tertiary/aromatic N) is 1. The normalized spacial score (nSPS) is 11.3. The Labute approximate surface area is 162 Å². The molecule has 0 fully saturated rings. The van der Waals surface area contributed by atoms with Crippen molar-refractivity contribution in [3.05, 3.63) is 82.1 Å². The van der Waals surface area contributed by atoms with Crippen LogP contribution in [0.3, 0.4) is 0 Å². The first-order valence-electron chi connectivity index (χ1n) is 7.65. The van der Waals surface area contributed by atoms with Crippen LogP contribution in [0.15, 0.2) is 60.8 Å². The molecular weight excluding hydrogens is 400 g/mol. The zero-order valence-electron chi connectivity index (χ0n) is 13.5.